The van der Waals surface area contributed by atoms with Crippen LogP contribution in [0.4, 0.5) is 17.2 Å². The van der Waals surface area contributed by atoms with Crippen molar-refractivity contribution in [2.45, 2.75) is 25.7 Å². The molecule has 2 aromatic rings. The molecule has 4 nitrogen and oxygen atoms in total. The van der Waals surface area contributed by atoms with E-state index in [0.717, 1.165) is 45.0 Å². The number of anilines is 3. The van der Waals surface area contributed by atoms with E-state index in [1.807, 2.05) is 12.3 Å². The summed E-state index contributed by atoms with van der Waals surface area (Å²) in [5.41, 5.74) is 5.67. The summed E-state index contributed by atoms with van der Waals surface area (Å²) in [6.07, 6.45) is 6.50. The highest BCUT2D eigenvalue weighted by molar-refractivity contribution is 5.69. The summed E-state index contributed by atoms with van der Waals surface area (Å²) in [5.74, 6) is 1.01. The van der Waals surface area contributed by atoms with Gasteiger partial charge in [-0.3, -0.25) is 0 Å². The Hall–Kier alpha value is -2.07. The molecule has 24 heavy (non-hydrogen) atoms. The van der Waals surface area contributed by atoms with Gasteiger partial charge in [0.2, 0.25) is 0 Å². The van der Waals surface area contributed by atoms with Gasteiger partial charge in [-0.2, -0.15) is 0 Å². The summed E-state index contributed by atoms with van der Waals surface area (Å²) in [4.78, 5) is 6.99. The first-order chi connectivity index (χ1) is 11.8. The smallest absolute Gasteiger partial charge is 0.133 e. The van der Waals surface area contributed by atoms with Crippen molar-refractivity contribution in [1.29, 1.82) is 0 Å². The minimum atomic E-state index is 0.420. The second kappa shape index (κ2) is 5.49. The standard InChI is InChI=1S/C20H23N3O/c1-3-15-4-5-16-11-17(6-7-18(16)22-19(15)21-9-1)23-12-20(13-23)8-2-10-24-14-20/h1,3,6-7,9,11H,2,4-5,8,10,12-14H2,(H,21,22). The number of hydrogen-bond donors (Lipinski definition) is 1. The molecule has 3 aliphatic rings. The van der Waals surface area contributed by atoms with Crippen molar-refractivity contribution >= 4 is 17.2 Å². The van der Waals surface area contributed by atoms with Crippen LogP contribution in [0.3, 0.4) is 0 Å². The van der Waals surface area contributed by atoms with Crippen molar-refractivity contribution in [2.75, 3.05) is 36.5 Å². The highest BCUT2D eigenvalue weighted by atomic mass is 16.5. The maximum absolute atomic E-state index is 5.71. The number of fused-ring (bicyclic) bond motifs is 2. The van der Waals surface area contributed by atoms with E-state index in [0.29, 0.717) is 5.41 Å². The van der Waals surface area contributed by atoms with E-state index in [1.54, 1.807) is 0 Å². The van der Waals surface area contributed by atoms with Crippen LogP contribution in [-0.4, -0.2) is 31.3 Å². The fourth-order valence-corrected chi connectivity index (χ4v) is 4.36. The molecule has 1 N–H and O–H groups in total. The third kappa shape index (κ3) is 2.37. The first-order valence-corrected chi connectivity index (χ1v) is 8.98. The maximum Gasteiger partial charge on any atom is 0.133 e. The lowest BCUT2D eigenvalue weighted by Gasteiger charge is -2.53. The Labute approximate surface area is 142 Å². The van der Waals surface area contributed by atoms with Crippen LogP contribution in [0.25, 0.3) is 0 Å². The molecule has 0 amide bonds. The van der Waals surface area contributed by atoms with Gasteiger partial charge in [-0.15, -0.1) is 0 Å². The van der Waals surface area contributed by atoms with Crippen LogP contribution < -0.4 is 10.2 Å². The van der Waals surface area contributed by atoms with Gasteiger partial charge in [-0.1, -0.05) is 6.07 Å². The summed E-state index contributed by atoms with van der Waals surface area (Å²) in [6, 6.07) is 11.0. The van der Waals surface area contributed by atoms with E-state index in [9.17, 15) is 0 Å². The fraction of sp³-hybridized carbons (Fsp3) is 0.450. The molecule has 0 bridgehead atoms. The second-order valence-electron chi connectivity index (χ2n) is 7.49. The molecule has 4 heteroatoms. The highest BCUT2D eigenvalue weighted by Crippen LogP contribution is 2.41. The van der Waals surface area contributed by atoms with E-state index in [-0.39, 0.29) is 0 Å². The Balaban J connectivity index is 1.36. The van der Waals surface area contributed by atoms with Crippen LogP contribution in [0, 0.1) is 5.41 Å². The predicted octanol–water partition coefficient (Wildman–Crippen LogP) is 3.54. The monoisotopic (exact) mass is 321 g/mol. The van der Waals surface area contributed by atoms with Gasteiger partial charge >= 0.3 is 0 Å². The topological polar surface area (TPSA) is 37.4 Å². The Bertz CT molecular complexity index is 759. The van der Waals surface area contributed by atoms with Crippen molar-refractivity contribution in [3.63, 3.8) is 0 Å². The predicted molar refractivity (Wildman–Crippen MR) is 96.1 cm³/mol. The molecule has 0 aliphatic carbocycles. The average molecular weight is 321 g/mol. The number of nitrogens with zero attached hydrogens (tertiary/aromatic N) is 2. The van der Waals surface area contributed by atoms with Crippen LogP contribution in [0.2, 0.25) is 0 Å². The third-order valence-corrected chi connectivity index (χ3v) is 5.72. The number of rotatable bonds is 1. The van der Waals surface area contributed by atoms with Gasteiger partial charge in [0.15, 0.2) is 0 Å². The highest BCUT2D eigenvalue weighted by Gasteiger charge is 2.44. The van der Waals surface area contributed by atoms with Crippen molar-refractivity contribution in [1.82, 2.24) is 4.98 Å². The molecule has 1 spiro atoms. The Morgan fingerprint density at radius 3 is 2.92 bits per heavy atom. The van der Waals surface area contributed by atoms with Crippen molar-refractivity contribution in [3.8, 4) is 0 Å². The van der Waals surface area contributed by atoms with Crippen LogP contribution in [0.1, 0.15) is 24.0 Å². The Kier molecular flexibility index (Phi) is 3.27. The van der Waals surface area contributed by atoms with Gasteiger partial charge in [-0.25, -0.2) is 4.98 Å². The molecule has 0 unspecified atom stereocenters. The summed E-state index contributed by atoms with van der Waals surface area (Å²) >= 11 is 0. The molecule has 124 valence electrons. The van der Waals surface area contributed by atoms with Crippen LogP contribution in [0.15, 0.2) is 36.5 Å². The summed E-state index contributed by atoms with van der Waals surface area (Å²) in [6.45, 7) is 4.17. The molecule has 0 radical (unpaired) electrons. The van der Waals surface area contributed by atoms with Crippen molar-refractivity contribution in [3.05, 3.63) is 47.7 Å². The molecule has 3 aliphatic heterocycles. The van der Waals surface area contributed by atoms with E-state index in [1.165, 1.54) is 35.3 Å². The lowest BCUT2D eigenvalue weighted by atomic mass is 9.75. The van der Waals surface area contributed by atoms with Gasteiger partial charge in [0.25, 0.3) is 0 Å². The lowest BCUT2D eigenvalue weighted by molar-refractivity contribution is -0.0234. The fourth-order valence-electron chi connectivity index (χ4n) is 4.36. The first kappa shape index (κ1) is 14.3. The molecule has 4 heterocycles. The van der Waals surface area contributed by atoms with Crippen LogP contribution in [0.5, 0.6) is 0 Å². The molecule has 1 aromatic carbocycles. The molecular weight excluding hydrogens is 298 g/mol. The van der Waals surface area contributed by atoms with Gasteiger partial charge in [0.1, 0.15) is 5.82 Å². The lowest BCUT2D eigenvalue weighted by Crippen LogP contribution is -2.60. The van der Waals surface area contributed by atoms with E-state index >= 15 is 0 Å². The maximum atomic E-state index is 5.71. The number of aromatic nitrogens is 1. The molecule has 2 fully saturated rings. The second-order valence-corrected chi connectivity index (χ2v) is 7.49. The molecule has 2 saturated heterocycles. The largest absolute Gasteiger partial charge is 0.381 e. The molecule has 0 atom stereocenters. The Morgan fingerprint density at radius 2 is 2.04 bits per heavy atom. The average Bonchev–Trinajstić information content (AvgIpc) is 2.79. The first-order valence-electron chi connectivity index (χ1n) is 8.98. The van der Waals surface area contributed by atoms with Crippen molar-refractivity contribution < 1.29 is 4.74 Å². The van der Waals surface area contributed by atoms with E-state index in [4.69, 9.17) is 4.74 Å². The number of aryl methyl sites for hydroxylation is 2. The van der Waals surface area contributed by atoms with Crippen LogP contribution >= 0.6 is 0 Å². The zero-order chi connectivity index (χ0) is 16.0. The summed E-state index contributed by atoms with van der Waals surface area (Å²) in [5, 5.41) is 3.51. The third-order valence-electron chi connectivity index (χ3n) is 5.72. The summed E-state index contributed by atoms with van der Waals surface area (Å²) in [7, 11) is 0. The van der Waals surface area contributed by atoms with E-state index < -0.39 is 0 Å². The normalized spacial score (nSPS) is 21.2. The van der Waals surface area contributed by atoms with Gasteiger partial charge in [0.05, 0.1) is 6.61 Å². The number of ether oxygens (including phenoxy) is 1. The number of pyridine rings is 1. The molecule has 0 saturated carbocycles. The van der Waals surface area contributed by atoms with Gasteiger partial charge in [0, 0.05) is 42.7 Å². The van der Waals surface area contributed by atoms with E-state index in [2.05, 4.69) is 39.5 Å². The van der Waals surface area contributed by atoms with Crippen molar-refractivity contribution in [2.24, 2.45) is 5.41 Å². The van der Waals surface area contributed by atoms with Gasteiger partial charge < -0.3 is 15.0 Å². The summed E-state index contributed by atoms with van der Waals surface area (Å²) < 4.78 is 5.71. The number of benzene rings is 1. The minimum absolute atomic E-state index is 0.420. The molecule has 1 aromatic heterocycles. The quantitative estimate of drug-likeness (QED) is 0.872. The molecular formula is C20H23N3O. The van der Waals surface area contributed by atoms with Gasteiger partial charge in [-0.05, 0) is 61.1 Å². The Morgan fingerprint density at radius 1 is 1.12 bits per heavy atom. The SMILES string of the molecule is c1cnc2c(c1)CCc1cc(N3CC4(CCCOC4)C3)ccc1N2. The zero-order valence-corrected chi connectivity index (χ0v) is 13.9. The number of hydrogen-bond acceptors (Lipinski definition) is 4. The van der Waals surface area contributed by atoms with Crippen LogP contribution in [-0.2, 0) is 17.6 Å². The zero-order valence-electron chi connectivity index (χ0n) is 13.9. The molecule has 5 rings (SSSR count). The minimum Gasteiger partial charge on any atom is -0.381 e. The number of nitrogens with one attached hydrogen (secondary N) is 1.